The fourth-order valence-corrected chi connectivity index (χ4v) is 4.22. The van der Waals surface area contributed by atoms with Gasteiger partial charge in [0, 0.05) is 10.8 Å². The third kappa shape index (κ3) is 2.31. The molecule has 3 atom stereocenters. The van der Waals surface area contributed by atoms with E-state index < -0.39 is 0 Å². The van der Waals surface area contributed by atoms with Crippen molar-refractivity contribution in [1.29, 1.82) is 0 Å². The maximum atomic E-state index is 12.9. The number of hydrogen-bond donors (Lipinski definition) is 1. The Morgan fingerprint density at radius 3 is 2.78 bits per heavy atom. The maximum Gasteiger partial charge on any atom is 0.123 e. The van der Waals surface area contributed by atoms with Crippen molar-refractivity contribution in [2.45, 2.75) is 30.6 Å². The van der Waals surface area contributed by atoms with Gasteiger partial charge in [0.15, 0.2) is 0 Å². The number of aliphatic imine (C=N–C) groups is 1. The molecule has 0 bridgehead atoms. The summed E-state index contributed by atoms with van der Waals surface area (Å²) in [5.41, 5.74) is 6.80. The van der Waals surface area contributed by atoms with Gasteiger partial charge in [-0.1, -0.05) is 0 Å². The monoisotopic (exact) mass is 264 g/mol. The van der Waals surface area contributed by atoms with Crippen LogP contribution in [0.15, 0.2) is 29.3 Å². The van der Waals surface area contributed by atoms with Crippen molar-refractivity contribution in [3.05, 3.63) is 35.6 Å². The molecule has 0 saturated heterocycles. The minimum atomic E-state index is -0.192. The lowest BCUT2D eigenvalue weighted by Gasteiger charge is -2.28. The predicted molar refractivity (Wildman–Crippen MR) is 74.5 cm³/mol. The zero-order valence-electron chi connectivity index (χ0n) is 10.2. The summed E-state index contributed by atoms with van der Waals surface area (Å²) in [6, 6.07) is 7.09. The average molecular weight is 264 g/mol. The Kier molecular flexibility index (Phi) is 3.39. The standard InChI is InChI=1S/C14H17FN2S/c15-11-4-2-10(3-5-11)14-17-12-6-1-9(8-16)7-13(12)18-14/h2-5,9,12-13H,1,6-8,16H2. The molecule has 1 fully saturated rings. The largest absolute Gasteiger partial charge is 0.330 e. The third-order valence-electron chi connectivity index (χ3n) is 3.84. The van der Waals surface area contributed by atoms with Crippen molar-refractivity contribution in [2.24, 2.45) is 16.6 Å². The molecule has 1 heterocycles. The summed E-state index contributed by atoms with van der Waals surface area (Å²) in [7, 11) is 0. The fraction of sp³-hybridized carbons (Fsp3) is 0.500. The van der Waals surface area contributed by atoms with Crippen LogP contribution in [0, 0.1) is 11.7 Å². The molecular weight excluding hydrogens is 247 g/mol. The molecule has 2 N–H and O–H groups in total. The normalized spacial score (nSPS) is 31.0. The molecular formula is C14H17FN2S. The topological polar surface area (TPSA) is 38.4 Å². The number of halogens is 1. The lowest BCUT2D eigenvalue weighted by Crippen LogP contribution is -2.31. The second-order valence-electron chi connectivity index (χ2n) is 5.08. The van der Waals surface area contributed by atoms with Gasteiger partial charge in [-0.2, -0.15) is 0 Å². The minimum Gasteiger partial charge on any atom is -0.330 e. The molecule has 1 aromatic rings. The van der Waals surface area contributed by atoms with E-state index in [0.717, 1.165) is 23.6 Å². The van der Waals surface area contributed by atoms with E-state index in [9.17, 15) is 4.39 Å². The number of fused-ring (bicyclic) bond motifs is 1. The molecule has 2 nitrogen and oxygen atoms in total. The van der Waals surface area contributed by atoms with Crippen LogP contribution in [0.2, 0.25) is 0 Å². The second-order valence-corrected chi connectivity index (χ2v) is 6.31. The lowest BCUT2D eigenvalue weighted by molar-refractivity contribution is 0.347. The van der Waals surface area contributed by atoms with Gasteiger partial charge in [0.25, 0.3) is 0 Å². The molecule has 4 heteroatoms. The van der Waals surface area contributed by atoms with Gasteiger partial charge in [-0.15, -0.1) is 11.8 Å². The van der Waals surface area contributed by atoms with Crippen molar-refractivity contribution in [3.8, 4) is 0 Å². The van der Waals surface area contributed by atoms with Crippen molar-refractivity contribution < 1.29 is 4.39 Å². The van der Waals surface area contributed by atoms with Gasteiger partial charge in [-0.05, 0) is 56.0 Å². The lowest BCUT2D eigenvalue weighted by atomic mass is 9.86. The number of rotatable bonds is 2. The van der Waals surface area contributed by atoms with Gasteiger partial charge in [0.05, 0.1) is 11.1 Å². The molecule has 0 aromatic heterocycles. The smallest absolute Gasteiger partial charge is 0.123 e. The highest BCUT2D eigenvalue weighted by molar-refractivity contribution is 8.15. The molecule has 0 spiro atoms. The van der Waals surface area contributed by atoms with Crippen LogP contribution in [0.25, 0.3) is 0 Å². The molecule has 0 radical (unpaired) electrons. The Labute approximate surface area is 111 Å². The number of nitrogens with zero attached hydrogens (tertiary/aromatic N) is 1. The van der Waals surface area contributed by atoms with Gasteiger partial charge >= 0.3 is 0 Å². The summed E-state index contributed by atoms with van der Waals surface area (Å²) in [5, 5.41) is 1.65. The van der Waals surface area contributed by atoms with Crippen molar-refractivity contribution >= 4 is 16.8 Å². The van der Waals surface area contributed by atoms with Crippen LogP contribution in [0.5, 0.6) is 0 Å². The van der Waals surface area contributed by atoms with Crippen LogP contribution >= 0.6 is 11.8 Å². The van der Waals surface area contributed by atoms with E-state index in [4.69, 9.17) is 10.7 Å². The Morgan fingerprint density at radius 1 is 1.28 bits per heavy atom. The first-order valence-electron chi connectivity index (χ1n) is 6.46. The number of benzene rings is 1. The van der Waals surface area contributed by atoms with E-state index in [2.05, 4.69) is 0 Å². The molecule has 1 aromatic carbocycles. The highest BCUT2D eigenvalue weighted by atomic mass is 32.2. The van der Waals surface area contributed by atoms with Gasteiger partial charge in [0.1, 0.15) is 5.82 Å². The van der Waals surface area contributed by atoms with E-state index >= 15 is 0 Å². The molecule has 0 amide bonds. The maximum absolute atomic E-state index is 12.9. The molecule has 1 aliphatic heterocycles. The highest BCUT2D eigenvalue weighted by Gasteiger charge is 2.35. The minimum absolute atomic E-state index is 0.192. The first kappa shape index (κ1) is 12.2. The summed E-state index contributed by atoms with van der Waals surface area (Å²) < 4.78 is 12.9. The van der Waals surface area contributed by atoms with Crippen molar-refractivity contribution in [3.63, 3.8) is 0 Å². The van der Waals surface area contributed by atoms with Gasteiger partial charge in [-0.25, -0.2) is 4.39 Å². The van der Waals surface area contributed by atoms with Crippen molar-refractivity contribution in [2.75, 3.05) is 6.54 Å². The summed E-state index contributed by atoms with van der Waals surface area (Å²) in [5.74, 6) is 0.462. The molecule has 96 valence electrons. The summed E-state index contributed by atoms with van der Waals surface area (Å²) in [6.07, 6.45) is 3.50. The van der Waals surface area contributed by atoms with Crippen LogP contribution in [0.1, 0.15) is 24.8 Å². The Hall–Kier alpha value is -0.870. The van der Waals surface area contributed by atoms with E-state index in [1.807, 2.05) is 23.9 Å². The van der Waals surface area contributed by atoms with Gasteiger partial charge in [-0.3, -0.25) is 4.99 Å². The quantitative estimate of drug-likeness (QED) is 0.892. The molecule has 3 unspecified atom stereocenters. The van der Waals surface area contributed by atoms with Crippen molar-refractivity contribution in [1.82, 2.24) is 0 Å². The van der Waals surface area contributed by atoms with E-state index in [0.29, 0.717) is 17.2 Å². The summed E-state index contributed by atoms with van der Waals surface area (Å²) in [4.78, 5) is 4.80. The van der Waals surface area contributed by atoms with Crippen LogP contribution in [0.4, 0.5) is 4.39 Å². The predicted octanol–water partition coefficient (Wildman–Crippen LogP) is 2.82. The number of hydrogen-bond acceptors (Lipinski definition) is 3. The molecule has 2 aliphatic rings. The second kappa shape index (κ2) is 5.02. The van der Waals surface area contributed by atoms with E-state index in [1.165, 1.54) is 25.0 Å². The van der Waals surface area contributed by atoms with Crippen LogP contribution in [-0.2, 0) is 0 Å². The Balaban J connectivity index is 1.75. The van der Waals surface area contributed by atoms with Crippen LogP contribution in [0.3, 0.4) is 0 Å². The third-order valence-corrected chi connectivity index (χ3v) is 5.21. The molecule has 1 aliphatic carbocycles. The Bertz CT molecular complexity index is 457. The SMILES string of the molecule is NCC1CCC2N=C(c3ccc(F)cc3)SC2C1. The Morgan fingerprint density at radius 2 is 2.06 bits per heavy atom. The van der Waals surface area contributed by atoms with Crippen LogP contribution in [-0.4, -0.2) is 22.9 Å². The van der Waals surface area contributed by atoms with E-state index in [-0.39, 0.29) is 5.82 Å². The number of nitrogens with two attached hydrogens (primary N) is 1. The van der Waals surface area contributed by atoms with Gasteiger partial charge in [0.2, 0.25) is 0 Å². The zero-order valence-corrected chi connectivity index (χ0v) is 11.0. The van der Waals surface area contributed by atoms with Gasteiger partial charge < -0.3 is 5.73 Å². The summed E-state index contributed by atoms with van der Waals surface area (Å²) in [6.45, 7) is 0.787. The molecule has 1 saturated carbocycles. The molecule has 3 rings (SSSR count). The zero-order chi connectivity index (χ0) is 12.5. The fourth-order valence-electron chi connectivity index (χ4n) is 2.74. The van der Waals surface area contributed by atoms with Crippen LogP contribution < -0.4 is 5.73 Å². The molecule has 18 heavy (non-hydrogen) atoms. The summed E-state index contributed by atoms with van der Waals surface area (Å²) >= 11 is 1.84. The van der Waals surface area contributed by atoms with E-state index in [1.54, 1.807) is 0 Å². The highest BCUT2D eigenvalue weighted by Crippen LogP contribution is 2.40. The number of thioether (sulfide) groups is 1. The first-order valence-corrected chi connectivity index (χ1v) is 7.34. The average Bonchev–Trinajstić information content (AvgIpc) is 2.82. The first-order chi connectivity index (χ1) is 8.76.